The molecule has 0 radical (unpaired) electrons. The number of carbonyl (C=O) groups excluding carboxylic acids is 1. The Kier molecular flexibility index (Phi) is 7.23. The number of benzene rings is 2. The Balaban J connectivity index is 1.03. The molecule has 1 aliphatic carbocycles. The highest BCUT2D eigenvalue weighted by Gasteiger charge is 2.27. The normalized spacial score (nSPS) is 17.9. The summed E-state index contributed by atoms with van der Waals surface area (Å²) in [5.74, 6) is 3.40. The molecule has 2 heterocycles. The number of H-pyrrole nitrogens is 1. The highest BCUT2D eigenvalue weighted by molar-refractivity contribution is 7.98. The second kappa shape index (κ2) is 10.9. The molecule has 0 aliphatic heterocycles. The minimum Gasteiger partial charge on any atom is -0.420 e. The summed E-state index contributed by atoms with van der Waals surface area (Å²) < 4.78 is 5.92. The number of rotatable bonds is 8. The first-order valence-electron chi connectivity index (χ1n) is 11.9. The Morgan fingerprint density at radius 1 is 1.03 bits per heavy atom. The number of aromatic amines is 1. The van der Waals surface area contributed by atoms with Crippen LogP contribution in [0.3, 0.4) is 0 Å². The Morgan fingerprint density at radius 2 is 1.80 bits per heavy atom. The fraction of sp³-hybridized carbons (Fsp3) is 0.346. The van der Waals surface area contributed by atoms with Gasteiger partial charge in [-0.3, -0.25) is 9.59 Å². The van der Waals surface area contributed by atoms with E-state index in [1.165, 1.54) is 0 Å². The van der Waals surface area contributed by atoms with Crippen molar-refractivity contribution in [3.05, 3.63) is 76.7 Å². The lowest BCUT2D eigenvalue weighted by molar-refractivity contribution is -0.121. The number of fused-ring (bicyclic) bond motifs is 1. The van der Waals surface area contributed by atoms with E-state index < -0.39 is 0 Å². The van der Waals surface area contributed by atoms with E-state index in [4.69, 9.17) is 4.42 Å². The van der Waals surface area contributed by atoms with Gasteiger partial charge < -0.3 is 14.7 Å². The monoisotopic (exact) mass is 489 g/mol. The van der Waals surface area contributed by atoms with Crippen molar-refractivity contribution >= 4 is 28.6 Å². The van der Waals surface area contributed by atoms with Crippen molar-refractivity contribution in [1.29, 1.82) is 0 Å². The third kappa shape index (κ3) is 5.79. The molecule has 2 N–H and O–H groups in total. The zero-order valence-electron chi connectivity index (χ0n) is 19.3. The van der Waals surface area contributed by atoms with E-state index in [-0.39, 0.29) is 23.4 Å². The maximum atomic E-state index is 12.4. The molecule has 4 aromatic rings. The molecular formula is C26H27N5O3S. The summed E-state index contributed by atoms with van der Waals surface area (Å²) in [5.41, 5.74) is 1.49. The molecular weight excluding hydrogens is 462 g/mol. The van der Waals surface area contributed by atoms with E-state index in [1.54, 1.807) is 17.8 Å². The molecule has 0 atom stereocenters. The van der Waals surface area contributed by atoms with Gasteiger partial charge in [0.1, 0.15) is 5.82 Å². The molecule has 2 aromatic carbocycles. The van der Waals surface area contributed by atoms with Crippen LogP contribution in [0.15, 0.2) is 63.8 Å². The van der Waals surface area contributed by atoms with Crippen molar-refractivity contribution in [3.8, 4) is 11.5 Å². The molecule has 35 heavy (non-hydrogen) atoms. The van der Waals surface area contributed by atoms with Crippen LogP contribution in [-0.4, -0.2) is 37.9 Å². The van der Waals surface area contributed by atoms with E-state index in [1.807, 2.05) is 48.5 Å². The smallest absolute Gasteiger partial charge is 0.258 e. The van der Waals surface area contributed by atoms with E-state index in [2.05, 4.69) is 25.5 Å². The maximum Gasteiger partial charge on any atom is 0.258 e. The zero-order valence-corrected chi connectivity index (χ0v) is 20.1. The number of thioether (sulfide) groups is 1. The molecule has 9 heteroatoms. The topological polar surface area (TPSA) is 114 Å². The van der Waals surface area contributed by atoms with Gasteiger partial charge in [-0.05, 0) is 49.9 Å². The highest BCUT2D eigenvalue weighted by Crippen LogP contribution is 2.33. The van der Waals surface area contributed by atoms with Crippen molar-refractivity contribution in [2.75, 3.05) is 5.75 Å². The van der Waals surface area contributed by atoms with Gasteiger partial charge in [0.15, 0.2) is 0 Å². The van der Waals surface area contributed by atoms with Crippen LogP contribution in [0.25, 0.3) is 22.4 Å². The van der Waals surface area contributed by atoms with Crippen LogP contribution in [-0.2, 0) is 10.5 Å². The summed E-state index contributed by atoms with van der Waals surface area (Å²) in [4.78, 5) is 31.9. The predicted octanol–water partition coefficient (Wildman–Crippen LogP) is 4.44. The van der Waals surface area contributed by atoms with Crippen molar-refractivity contribution in [3.63, 3.8) is 0 Å². The van der Waals surface area contributed by atoms with Crippen LogP contribution in [0.1, 0.15) is 49.7 Å². The molecule has 180 valence electrons. The van der Waals surface area contributed by atoms with Crippen LogP contribution in [0, 0.1) is 0 Å². The minimum atomic E-state index is -0.128. The Morgan fingerprint density at radius 3 is 2.63 bits per heavy atom. The van der Waals surface area contributed by atoms with Crippen LogP contribution in [0.4, 0.5) is 0 Å². The fourth-order valence-corrected chi connectivity index (χ4v) is 5.22. The molecule has 0 spiro atoms. The van der Waals surface area contributed by atoms with Crippen LogP contribution in [0.5, 0.6) is 0 Å². The number of carbonyl (C=O) groups is 1. The van der Waals surface area contributed by atoms with Crippen molar-refractivity contribution < 1.29 is 9.21 Å². The Bertz CT molecular complexity index is 1350. The van der Waals surface area contributed by atoms with Crippen LogP contribution in [0.2, 0.25) is 0 Å². The van der Waals surface area contributed by atoms with E-state index in [9.17, 15) is 9.59 Å². The lowest BCUT2D eigenvalue weighted by atomic mass is 9.86. The predicted molar refractivity (Wildman–Crippen MR) is 136 cm³/mol. The first-order chi connectivity index (χ1) is 17.2. The van der Waals surface area contributed by atoms with Gasteiger partial charge >= 0.3 is 0 Å². The number of amides is 1. The second-order valence-corrected chi connectivity index (χ2v) is 9.87. The van der Waals surface area contributed by atoms with E-state index in [0.29, 0.717) is 46.4 Å². The molecule has 1 amide bonds. The average molecular weight is 490 g/mol. The quantitative estimate of drug-likeness (QED) is 0.352. The first-order valence-corrected chi connectivity index (χ1v) is 13.0. The molecule has 1 saturated carbocycles. The first kappa shape index (κ1) is 23.3. The van der Waals surface area contributed by atoms with Gasteiger partial charge in [-0.25, -0.2) is 4.98 Å². The summed E-state index contributed by atoms with van der Waals surface area (Å²) in [6.45, 7) is 0. The molecule has 2 aromatic heterocycles. The molecule has 5 rings (SSSR count). The molecule has 8 nitrogen and oxygen atoms in total. The van der Waals surface area contributed by atoms with Gasteiger partial charge in [0, 0.05) is 29.7 Å². The van der Waals surface area contributed by atoms with E-state index in [0.717, 1.165) is 31.2 Å². The van der Waals surface area contributed by atoms with Gasteiger partial charge in [0.2, 0.25) is 17.7 Å². The number of para-hydroxylation sites is 1. The number of nitrogens with one attached hydrogen (secondary N) is 2. The lowest BCUT2D eigenvalue weighted by Crippen LogP contribution is -2.37. The standard InChI is InChI=1S/C26H27N5O3S/c32-23(14-15-35-16-22-28-21-9-5-4-8-20(21)24(33)29-22)27-19-12-10-18(11-13-19)26-31-30-25(34-26)17-6-2-1-3-7-17/h1-9,18-19H,10-16H2,(H,27,32)(H,28,29,33). The van der Waals surface area contributed by atoms with Gasteiger partial charge in [-0.1, -0.05) is 30.3 Å². The van der Waals surface area contributed by atoms with Crippen LogP contribution >= 0.6 is 11.8 Å². The average Bonchev–Trinajstić information content (AvgIpc) is 3.38. The molecule has 1 aliphatic rings. The number of hydrogen-bond donors (Lipinski definition) is 2. The van der Waals surface area contributed by atoms with Gasteiger partial charge in [0.05, 0.1) is 16.7 Å². The summed E-state index contributed by atoms with van der Waals surface area (Å²) in [6.07, 6.45) is 4.06. The van der Waals surface area contributed by atoms with Gasteiger partial charge in [-0.2, -0.15) is 11.8 Å². The van der Waals surface area contributed by atoms with E-state index >= 15 is 0 Å². The van der Waals surface area contributed by atoms with Crippen molar-refractivity contribution in [2.45, 2.75) is 49.8 Å². The summed E-state index contributed by atoms with van der Waals surface area (Å²) in [7, 11) is 0. The Hall–Kier alpha value is -3.46. The summed E-state index contributed by atoms with van der Waals surface area (Å²) in [6, 6.07) is 17.2. The number of nitrogens with zero attached hydrogens (tertiary/aromatic N) is 3. The third-order valence-corrected chi connectivity index (χ3v) is 7.25. The SMILES string of the molecule is O=C(CCSCc1nc2ccccc2c(=O)[nH]1)NC1CCC(c2nnc(-c3ccccc3)o2)CC1. The number of hydrogen-bond acceptors (Lipinski definition) is 7. The fourth-order valence-electron chi connectivity index (χ4n) is 4.42. The van der Waals surface area contributed by atoms with Crippen molar-refractivity contribution in [2.24, 2.45) is 0 Å². The molecule has 0 unspecified atom stereocenters. The van der Waals surface area contributed by atoms with Gasteiger partial charge in [0.25, 0.3) is 5.56 Å². The van der Waals surface area contributed by atoms with Gasteiger partial charge in [-0.15, -0.1) is 10.2 Å². The van der Waals surface area contributed by atoms with Crippen molar-refractivity contribution in [1.82, 2.24) is 25.5 Å². The summed E-state index contributed by atoms with van der Waals surface area (Å²) in [5, 5.41) is 12.2. The zero-order chi connectivity index (χ0) is 24.0. The highest BCUT2D eigenvalue weighted by atomic mass is 32.2. The molecule has 0 saturated heterocycles. The molecule has 1 fully saturated rings. The Labute approximate surface area is 207 Å². The lowest BCUT2D eigenvalue weighted by Gasteiger charge is -2.27. The molecule has 0 bridgehead atoms. The maximum absolute atomic E-state index is 12.4. The second-order valence-electron chi connectivity index (χ2n) is 8.76. The number of aromatic nitrogens is 4. The third-order valence-electron chi connectivity index (χ3n) is 6.28. The minimum absolute atomic E-state index is 0.0602. The largest absolute Gasteiger partial charge is 0.420 e. The van der Waals surface area contributed by atoms with Crippen LogP contribution < -0.4 is 10.9 Å². The summed E-state index contributed by atoms with van der Waals surface area (Å²) >= 11 is 1.59.